The van der Waals surface area contributed by atoms with Crippen LogP contribution in [0.4, 0.5) is 4.39 Å². The predicted octanol–water partition coefficient (Wildman–Crippen LogP) is 4.19. The number of imidazole rings is 1. The second-order valence-corrected chi connectivity index (χ2v) is 4.43. The molecule has 0 saturated carbocycles. The summed E-state index contributed by atoms with van der Waals surface area (Å²) in [6.45, 7) is 1.99. The quantitative estimate of drug-likeness (QED) is 0.727. The largest absolute Gasteiger partial charge is 0.342 e. The van der Waals surface area contributed by atoms with Gasteiger partial charge >= 0.3 is 0 Å². The molecule has 1 N–H and O–H groups in total. The van der Waals surface area contributed by atoms with E-state index in [-0.39, 0.29) is 5.82 Å². The van der Waals surface area contributed by atoms with E-state index in [2.05, 4.69) is 9.97 Å². The molecule has 3 heteroatoms. The Morgan fingerprint density at radius 2 is 1.58 bits per heavy atom. The number of H-pyrrole nitrogens is 1. The second-order valence-electron chi connectivity index (χ2n) is 4.43. The molecule has 0 fully saturated rings. The van der Waals surface area contributed by atoms with E-state index in [0.29, 0.717) is 0 Å². The van der Waals surface area contributed by atoms with Gasteiger partial charge in [0.1, 0.15) is 11.6 Å². The summed E-state index contributed by atoms with van der Waals surface area (Å²) >= 11 is 0. The SMILES string of the molecule is Cc1[nH]c(-c2ccc(F)cc2)nc1-c1ccccc1. The molecule has 3 aromatic rings. The molecule has 0 radical (unpaired) electrons. The van der Waals surface area contributed by atoms with Crippen molar-refractivity contribution in [1.82, 2.24) is 9.97 Å². The molecule has 0 spiro atoms. The van der Waals surface area contributed by atoms with Gasteiger partial charge in [-0.3, -0.25) is 0 Å². The lowest BCUT2D eigenvalue weighted by atomic mass is 10.1. The fourth-order valence-corrected chi connectivity index (χ4v) is 2.08. The standard InChI is InChI=1S/C16H13FN2/c1-11-15(12-5-3-2-4-6-12)19-16(18-11)13-7-9-14(17)10-8-13/h2-10H,1H3,(H,18,19). The fourth-order valence-electron chi connectivity index (χ4n) is 2.08. The van der Waals surface area contributed by atoms with Crippen molar-refractivity contribution in [2.24, 2.45) is 0 Å². The molecule has 0 aliphatic rings. The van der Waals surface area contributed by atoms with Crippen LogP contribution in [0.15, 0.2) is 54.6 Å². The van der Waals surface area contributed by atoms with E-state index in [0.717, 1.165) is 28.3 Å². The fraction of sp³-hybridized carbons (Fsp3) is 0.0625. The molecule has 3 rings (SSSR count). The predicted molar refractivity (Wildman–Crippen MR) is 74.2 cm³/mol. The summed E-state index contributed by atoms with van der Waals surface area (Å²) < 4.78 is 12.9. The maximum absolute atomic E-state index is 12.9. The van der Waals surface area contributed by atoms with Gasteiger partial charge in [-0.15, -0.1) is 0 Å². The molecule has 0 unspecified atom stereocenters. The van der Waals surface area contributed by atoms with Crippen molar-refractivity contribution in [3.05, 3.63) is 66.1 Å². The summed E-state index contributed by atoms with van der Waals surface area (Å²) in [6, 6.07) is 16.3. The van der Waals surface area contributed by atoms with Crippen molar-refractivity contribution in [3.8, 4) is 22.6 Å². The minimum atomic E-state index is -0.240. The molecular formula is C16H13FN2. The van der Waals surface area contributed by atoms with Gasteiger partial charge in [0.15, 0.2) is 0 Å². The van der Waals surface area contributed by atoms with Gasteiger partial charge in [0, 0.05) is 16.8 Å². The molecule has 2 nitrogen and oxygen atoms in total. The van der Waals surface area contributed by atoms with Gasteiger partial charge in [-0.2, -0.15) is 0 Å². The van der Waals surface area contributed by atoms with Gasteiger partial charge in [0.05, 0.1) is 5.69 Å². The first kappa shape index (κ1) is 11.7. The summed E-state index contributed by atoms with van der Waals surface area (Å²) in [5.74, 6) is 0.520. The molecule has 0 amide bonds. The summed E-state index contributed by atoms with van der Waals surface area (Å²) in [7, 11) is 0. The minimum Gasteiger partial charge on any atom is -0.342 e. The molecule has 1 aromatic heterocycles. The lowest BCUT2D eigenvalue weighted by Gasteiger charge is -1.97. The van der Waals surface area contributed by atoms with Gasteiger partial charge < -0.3 is 4.98 Å². The van der Waals surface area contributed by atoms with Crippen molar-refractivity contribution in [2.45, 2.75) is 6.92 Å². The number of rotatable bonds is 2. The summed E-state index contributed by atoms with van der Waals surface area (Å²) in [4.78, 5) is 7.85. The van der Waals surface area contributed by atoms with E-state index in [9.17, 15) is 4.39 Å². The Balaban J connectivity index is 2.04. The Labute approximate surface area is 111 Å². The topological polar surface area (TPSA) is 28.7 Å². The normalized spacial score (nSPS) is 10.6. The smallest absolute Gasteiger partial charge is 0.138 e. The minimum absolute atomic E-state index is 0.240. The van der Waals surface area contributed by atoms with Crippen LogP contribution in [-0.2, 0) is 0 Å². The number of nitrogens with one attached hydrogen (secondary N) is 1. The van der Waals surface area contributed by atoms with Crippen LogP contribution < -0.4 is 0 Å². The molecule has 0 atom stereocenters. The third-order valence-corrected chi connectivity index (χ3v) is 3.05. The highest BCUT2D eigenvalue weighted by Gasteiger charge is 2.09. The Bertz CT molecular complexity index is 685. The van der Waals surface area contributed by atoms with Gasteiger partial charge in [-0.25, -0.2) is 9.37 Å². The van der Waals surface area contributed by atoms with Crippen LogP contribution in [0.3, 0.4) is 0 Å². The van der Waals surface area contributed by atoms with E-state index < -0.39 is 0 Å². The zero-order valence-corrected chi connectivity index (χ0v) is 10.5. The number of nitrogens with zero attached hydrogens (tertiary/aromatic N) is 1. The average Bonchev–Trinajstić information content (AvgIpc) is 2.83. The average molecular weight is 252 g/mol. The highest BCUT2D eigenvalue weighted by molar-refractivity contribution is 5.67. The third-order valence-electron chi connectivity index (χ3n) is 3.05. The second kappa shape index (κ2) is 4.69. The van der Waals surface area contributed by atoms with Crippen molar-refractivity contribution in [1.29, 1.82) is 0 Å². The monoisotopic (exact) mass is 252 g/mol. The van der Waals surface area contributed by atoms with Crippen LogP contribution >= 0.6 is 0 Å². The van der Waals surface area contributed by atoms with Crippen molar-refractivity contribution in [2.75, 3.05) is 0 Å². The van der Waals surface area contributed by atoms with Crippen molar-refractivity contribution >= 4 is 0 Å². The number of aromatic nitrogens is 2. The van der Waals surface area contributed by atoms with Crippen LogP contribution in [0, 0.1) is 12.7 Å². The van der Waals surface area contributed by atoms with Crippen molar-refractivity contribution < 1.29 is 4.39 Å². The van der Waals surface area contributed by atoms with E-state index in [4.69, 9.17) is 0 Å². The summed E-state index contributed by atoms with van der Waals surface area (Å²) in [5.41, 5.74) is 3.89. The van der Waals surface area contributed by atoms with Crippen LogP contribution in [0.2, 0.25) is 0 Å². The lowest BCUT2D eigenvalue weighted by molar-refractivity contribution is 0.628. The molecule has 0 aliphatic heterocycles. The molecule has 0 saturated heterocycles. The third kappa shape index (κ3) is 2.27. The Kier molecular flexibility index (Phi) is 2.88. The summed E-state index contributed by atoms with van der Waals surface area (Å²) in [6.07, 6.45) is 0. The lowest BCUT2D eigenvalue weighted by Crippen LogP contribution is -1.81. The van der Waals surface area contributed by atoms with Crippen molar-refractivity contribution in [3.63, 3.8) is 0 Å². The zero-order valence-electron chi connectivity index (χ0n) is 10.5. The number of aryl methyl sites for hydroxylation is 1. The first-order valence-corrected chi connectivity index (χ1v) is 6.12. The highest BCUT2D eigenvalue weighted by Crippen LogP contribution is 2.25. The van der Waals surface area contributed by atoms with Crippen LogP contribution in [0.25, 0.3) is 22.6 Å². The molecule has 2 aromatic carbocycles. The molecule has 19 heavy (non-hydrogen) atoms. The molecule has 0 aliphatic carbocycles. The van der Waals surface area contributed by atoms with E-state index >= 15 is 0 Å². The summed E-state index contributed by atoms with van der Waals surface area (Å²) in [5, 5.41) is 0. The molecular weight excluding hydrogens is 239 g/mol. The zero-order chi connectivity index (χ0) is 13.2. The Hall–Kier alpha value is -2.42. The van der Waals surface area contributed by atoms with E-state index in [1.807, 2.05) is 37.3 Å². The Morgan fingerprint density at radius 3 is 2.26 bits per heavy atom. The Morgan fingerprint density at radius 1 is 0.895 bits per heavy atom. The number of aromatic amines is 1. The van der Waals surface area contributed by atoms with Gasteiger partial charge in [-0.1, -0.05) is 30.3 Å². The first-order valence-electron chi connectivity index (χ1n) is 6.12. The number of benzene rings is 2. The maximum atomic E-state index is 12.9. The van der Waals surface area contributed by atoms with Crippen LogP contribution in [-0.4, -0.2) is 9.97 Å². The number of halogens is 1. The molecule has 94 valence electrons. The highest BCUT2D eigenvalue weighted by atomic mass is 19.1. The first-order chi connectivity index (χ1) is 9.24. The maximum Gasteiger partial charge on any atom is 0.138 e. The van der Waals surface area contributed by atoms with Crippen LogP contribution in [0.1, 0.15) is 5.69 Å². The number of hydrogen-bond acceptors (Lipinski definition) is 1. The van der Waals surface area contributed by atoms with Crippen LogP contribution in [0.5, 0.6) is 0 Å². The van der Waals surface area contributed by atoms with E-state index in [1.54, 1.807) is 12.1 Å². The van der Waals surface area contributed by atoms with Gasteiger partial charge in [0.25, 0.3) is 0 Å². The molecule has 1 heterocycles. The number of hydrogen-bond donors (Lipinski definition) is 1. The van der Waals surface area contributed by atoms with Gasteiger partial charge in [-0.05, 0) is 31.2 Å². The van der Waals surface area contributed by atoms with Gasteiger partial charge in [0.2, 0.25) is 0 Å². The molecule has 0 bridgehead atoms. The van der Waals surface area contributed by atoms with E-state index in [1.165, 1.54) is 12.1 Å².